The van der Waals surface area contributed by atoms with Gasteiger partial charge in [-0.2, -0.15) is 0 Å². The van der Waals surface area contributed by atoms with Crippen LogP contribution in [0.25, 0.3) is 0 Å². The topological polar surface area (TPSA) is 48.1 Å². The fourth-order valence-corrected chi connectivity index (χ4v) is 2.71. The fourth-order valence-electron chi connectivity index (χ4n) is 2.06. The number of rotatable bonds is 5. The Labute approximate surface area is 128 Å². The number of aromatic nitrogens is 1. The highest BCUT2D eigenvalue weighted by Gasteiger charge is 2.05. The second kappa shape index (κ2) is 6.41. The average molecular weight is 296 g/mol. The number of nitrogens with zero attached hydrogens (tertiary/aromatic N) is 1. The third-order valence-electron chi connectivity index (χ3n) is 3.15. The Morgan fingerprint density at radius 2 is 1.90 bits per heavy atom. The van der Waals surface area contributed by atoms with Gasteiger partial charge < -0.3 is 10.5 Å². The summed E-state index contributed by atoms with van der Waals surface area (Å²) in [5.74, 6) is 0.730. The molecule has 1 aromatic heterocycles. The Hall–Kier alpha value is -2.33. The Kier molecular flexibility index (Phi) is 4.17. The summed E-state index contributed by atoms with van der Waals surface area (Å²) in [7, 11) is 0. The van der Waals surface area contributed by atoms with Crippen LogP contribution < -0.4 is 10.5 Å². The van der Waals surface area contributed by atoms with Gasteiger partial charge in [-0.25, -0.2) is 4.98 Å². The molecular formula is C17H16N2OS. The highest BCUT2D eigenvalue weighted by Crippen LogP contribution is 2.25. The third-order valence-corrected chi connectivity index (χ3v) is 3.93. The standard InChI is InChI=1S/C17H16N2OS/c18-15-7-6-14(11-17-19-8-9-21-17)10-16(15)20-12-13-4-2-1-3-5-13/h1-10H,11-12,18H2. The summed E-state index contributed by atoms with van der Waals surface area (Å²) in [5.41, 5.74) is 8.93. The maximum Gasteiger partial charge on any atom is 0.142 e. The number of anilines is 1. The van der Waals surface area contributed by atoms with E-state index in [4.69, 9.17) is 10.5 Å². The van der Waals surface area contributed by atoms with Gasteiger partial charge in [0, 0.05) is 18.0 Å². The van der Waals surface area contributed by atoms with Gasteiger partial charge in [-0.05, 0) is 23.3 Å². The minimum atomic E-state index is 0.520. The summed E-state index contributed by atoms with van der Waals surface area (Å²) < 4.78 is 5.84. The number of thiazole rings is 1. The average Bonchev–Trinajstić information content (AvgIpc) is 3.02. The minimum Gasteiger partial charge on any atom is -0.487 e. The van der Waals surface area contributed by atoms with Crippen LogP contribution in [0.4, 0.5) is 5.69 Å². The predicted molar refractivity (Wildman–Crippen MR) is 86.5 cm³/mol. The smallest absolute Gasteiger partial charge is 0.142 e. The van der Waals surface area contributed by atoms with Crippen LogP contribution in [0.3, 0.4) is 0 Å². The van der Waals surface area contributed by atoms with Crippen molar-refractivity contribution < 1.29 is 4.74 Å². The summed E-state index contributed by atoms with van der Waals surface area (Å²) in [6, 6.07) is 16.0. The Morgan fingerprint density at radius 1 is 1.05 bits per heavy atom. The number of benzene rings is 2. The molecule has 2 N–H and O–H groups in total. The van der Waals surface area contributed by atoms with Crippen molar-refractivity contribution in [1.82, 2.24) is 4.98 Å². The molecule has 0 aliphatic carbocycles. The summed E-state index contributed by atoms with van der Waals surface area (Å²) in [6.07, 6.45) is 2.63. The molecular weight excluding hydrogens is 280 g/mol. The van der Waals surface area contributed by atoms with E-state index < -0.39 is 0 Å². The molecule has 3 aromatic rings. The third kappa shape index (κ3) is 3.61. The van der Waals surface area contributed by atoms with E-state index in [0.717, 1.165) is 28.3 Å². The van der Waals surface area contributed by atoms with Crippen molar-refractivity contribution in [2.75, 3.05) is 5.73 Å². The van der Waals surface area contributed by atoms with Crippen LogP contribution in [0.1, 0.15) is 16.1 Å². The van der Waals surface area contributed by atoms with Crippen LogP contribution in [0.5, 0.6) is 5.75 Å². The highest BCUT2D eigenvalue weighted by atomic mass is 32.1. The quantitative estimate of drug-likeness (QED) is 0.726. The van der Waals surface area contributed by atoms with Gasteiger partial charge in [0.2, 0.25) is 0 Å². The van der Waals surface area contributed by atoms with Crippen molar-refractivity contribution in [1.29, 1.82) is 0 Å². The maximum atomic E-state index is 5.99. The zero-order valence-electron chi connectivity index (χ0n) is 11.5. The van der Waals surface area contributed by atoms with Gasteiger partial charge in [0.1, 0.15) is 12.4 Å². The monoisotopic (exact) mass is 296 g/mol. The SMILES string of the molecule is Nc1ccc(Cc2nccs2)cc1OCc1ccccc1. The number of hydrogen-bond donors (Lipinski definition) is 1. The zero-order valence-corrected chi connectivity index (χ0v) is 12.3. The molecule has 0 amide bonds. The lowest BCUT2D eigenvalue weighted by atomic mass is 10.1. The lowest BCUT2D eigenvalue weighted by molar-refractivity contribution is 0.307. The molecule has 1 heterocycles. The number of nitrogens with two attached hydrogens (primary N) is 1. The Bertz CT molecular complexity index is 696. The lowest BCUT2D eigenvalue weighted by Crippen LogP contribution is -2.00. The van der Waals surface area contributed by atoms with Crippen molar-refractivity contribution in [3.05, 3.63) is 76.2 Å². The second-order valence-corrected chi connectivity index (χ2v) is 5.73. The lowest BCUT2D eigenvalue weighted by Gasteiger charge is -2.10. The Morgan fingerprint density at radius 3 is 2.67 bits per heavy atom. The molecule has 106 valence electrons. The summed E-state index contributed by atoms with van der Waals surface area (Å²) in [4.78, 5) is 4.30. The fraction of sp³-hybridized carbons (Fsp3) is 0.118. The van der Waals surface area contributed by atoms with Gasteiger partial charge in [-0.1, -0.05) is 36.4 Å². The van der Waals surface area contributed by atoms with Crippen LogP contribution in [-0.4, -0.2) is 4.98 Å². The van der Waals surface area contributed by atoms with Crippen molar-refractivity contribution in [3.8, 4) is 5.75 Å². The molecule has 21 heavy (non-hydrogen) atoms. The number of ether oxygens (including phenoxy) is 1. The van der Waals surface area contributed by atoms with Crippen molar-refractivity contribution in [3.63, 3.8) is 0 Å². The van der Waals surface area contributed by atoms with Gasteiger partial charge in [-0.15, -0.1) is 11.3 Å². The van der Waals surface area contributed by atoms with Crippen molar-refractivity contribution >= 4 is 17.0 Å². The first kappa shape index (κ1) is 13.6. The normalized spacial score (nSPS) is 10.5. The molecule has 0 fully saturated rings. The molecule has 4 heteroatoms. The largest absolute Gasteiger partial charge is 0.487 e. The molecule has 0 radical (unpaired) electrons. The molecule has 3 rings (SSSR count). The molecule has 0 bridgehead atoms. The van der Waals surface area contributed by atoms with Gasteiger partial charge in [0.15, 0.2) is 0 Å². The molecule has 0 spiro atoms. The summed E-state index contributed by atoms with van der Waals surface area (Å²) in [5, 5.41) is 3.08. The van der Waals surface area contributed by atoms with E-state index in [9.17, 15) is 0 Å². The minimum absolute atomic E-state index is 0.520. The van der Waals surface area contributed by atoms with Crippen LogP contribution in [-0.2, 0) is 13.0 Å². The van der Waals surface area contributed by atoms with Gasteiger partial charge in [0.05, 0.1) is 10.7 Å². The van der Waals surface area contributed by atoms with Crippen LogP contribution >= 0.6 is 11.3 Å². The van der Waals surface area contributed by atoms with Crippen LogP contribution in [0, 0.1) is 0 Å². The first-order valence-electron chi connectivity index (χ1n) is 6.75. The van der Waals surface area contributed by atoms with E-state index in [-0.39, 0.29) is 0 Å². The summed E-state index contributed by atoms with van der Waals surface area (Å²) >= 11 is 1.65. The van der Waals surface area contributed by atoms with Gasteiger partial charge >= 0.3 is 0 Å². The van der Waals surface area contributed by atoms with E-state index in [1.807, 2.05) is 60.1 Å². The van der Waals surface area contributed by atoms with E-state index in [1.165, 1.54) is 0 Å². The molecule has 0 atom stereocenters. The molecule has 0 aliphatic rings. The van der Waals surface area contributed by atoms with E-state index in [2.05, 4.69) is 4.98 Å². The number of nitrogen functional groups attached to an aromatic ring is 1. The predicted octanol–water partition coefficient (Wildman–Crippen LogP) is 3.90. The first-order valence-corrected chi connectivity index (χ1v) is 7.63. The van der Waals surface area contributed by atoms with Crippen molar-refractivity contribution in [2.45, 2.75) is 13.0 Å². The molecule has 2 aromatic carbocycles. The van der Waals surface area contributed by atoms with Gasteiger partial charge in [0.25, 0.3) is 0 Å². The van der Waals surface area contributed by atoms with E-state index in [0.29, 0.717) is 12.3 Å². The zero-order chi connectivity index (χ0) is 14.5. The van der Waals surface area contributed by atoms with E-state index >= 15 is 0 Å². The van der Waals surface area contributed by atoms with E-state index in [1.54, 1.807) is 11.3 Å². The molecule has 0 unspecified atom stereocenters. The van der Waals surface area contributed by atoms with Gasteiger partial charge in [-0.3, -0.25) is 0 Å². The molecule has 0 aliphatic heterocycles. The van der Waals surface area contributed by atoms with Crippen LogP contribution in [0.2, 0.25) is 0 Å². The maximum absolute atomic E-state index is 5.99. The molecule has 3 nitrogen and oxygen atoms in total. The second-order valence-electron chi connectivity index (χ2n) is 4.75. The van der Waals surface area contributed by atoms with Crippen molar-refractivity contribution in [2.24, 2.45) is 0 Å². The highest BCUT2D eigenvalue weighted by molar-refractivity contribution is 7.09. The van der Waals surface area contributed by atoms with Crippen LogP contribution in [0.15, 0.2) is 60.1 Å². The Balaban J connectivity index is 1.72. The summed E-state index contributed by atoms with van der Waals surface area (Å²) in [6.45, 7) is 0.520. The number of hydrogen-bond acceptors (Lipinski definition) is 4. The first-order chi connectivity index (χ1) is 10.3. The molecule has 0 saturated heterocycles. The molecule has 0 saturated carbocycles.